The minimum atomic E-state index is -0.463. The van der Waals surface area contributed by atoms with Gasteiger partial charge in [-0.3, -0.25) is 0 Å². The molecular weight excluding hydrogens is 432 g/mol. The van der Waals surface area contributed by atoms with Crippen molar-refractivity contribution in [1.82, 2.24) is 20.0 Å². The molecule has 0 amide bonds. The first-order valence-corrected chi connectivity index (χ1v) is 11.3. The topological polar surface area (TPSA) is 92.3 Å². The number of ether oxygens (including phenoxy) is 2. The van der Waals surface area contributed by atoms with Gasteiger partial charge in [0.1, 0.15) is 17.2 Å². The second kappa shape index (κ2) is 10.8. The monoisotopic (exact) mass is 460 g/mol. The molecule has 0 spiro atoms. The standard InChI is InChI=1S/C26H28N4O4/c1-4-32-26(31)25-24(28-30(29-25)17-21-8-6-5-7-9-21)16-20-10-12-22(13-11-20)33-15-14-23-18(2)34-19(3)27-23/h5-13H,4,14-17H2,1-3H3. The Balaban J connectivity index is 1.42. The Bertz CT molecular complexity index is 1230. The molecule has 34 heavy (non-hydrogen) atoms. The predicted molar refractivity (Wildman–Crippen MR) is 126 cm³/mol. The van der Waals surface area contributed by atoms with E-state index in [0.717, 1.165) is 28.3 Å². The number of oxazole rings is 1. The van der Waals surface area contributed by atoms with Gasteiger partial charge in [0.15, 0.2) is 11.6 Å². The normalized spacial score (nSPS) is 10.9. The molecule has 0 bridgehead atoms. The lowest BCUT2D eigenvalue weighted by Gasteiger charge is -2.07. The molecule has 0 fully saturated rings. The lowest BCUT2D eigenvalue weighted by Crippen LogP contribution is -2.09. The first-order chi connectivity index (χ1) is 16.5. The van der Waals surface area contributed by atoms with Crippen LogP contribution in [0.4, 0.5) is 0 Å². The van der Waals surface area contributed by atoms with Gasteiger partial charge in [-0.1, -0.05) is 42.5 Å². The molecule has 0 aliphatic carbocycles. The van der Waals surface area contributed by atoms with Gasteiger partial charge in [-0.15, -0.1) is 5.10 Å². The van der Waals surface area contributed by atoms with Crippen LogP contribution < -0.4 is 4.74 Å². The van der Waals surface area contributed by atoms with E-state index in [9.17, 15) is 4.79 Å². The number of hydrogen-bond donors (Lipinski definition) is 0. The average molecular weight is 461 g/mol. The van der Waals surface area contributed by atoms with Gasteiger partial charge in [-0.2, -0.15) is 9.90 Å². The Morgan fingerprint density at radius 1 is 0.971 bits per heavy atom. The summed E-state index contributed by atoms with van der Waals surface area (Å²) in [5.74, 6) is 1.80. The van der Waals surface area contributed by atoms with Crippen molar-refractivity contribution in [2.45, 2.75) is 40.2 Å². The van der Waals surface area contributed by atoms with Crippen LogP contribution in [-0.4, -0.2) is 39.2 Å². The zero-order valence-electron chi connectivity index (χ0n) is 19.7. The van der Waals surface area contributed by atoms with Crippen LogP contribution in [0.2, 0.25) is 0 Å². The van der Waals surface area contributed by atoms with Crippen LogP contribution in [-0.2, 0) is 24.1 Å². The lowest BCUT2D eigenvalue weighted by molar-refractivity contribution is 0.0517. The fraction of sp³-hybridized carbons (Fsp3) is 0.308. The van der Waals surface area contributed by atoms with Gasteiger partial charge >= 0.3 is 5.97 Å². The summed E-state index contributed by atoms with van der Waals surface area (Å²) in [4.78, 5) is 18.4. The molecule has 0 saturated carbocycles. The van der Waals surface area contributed by atoms with E-state index in [4.69, 9.17) is 13.9 Å². The summed E-state index contributed by atoms with van der Waals surface area (Å²) in [6.07, 6.45) is 1.14. The van der Waals surface area contributed by atoms with Gasteiger partial charge in [0, 0.05) is 19.8 Å². The fourth-order valence-electron chi connectivity index (χ4n) is 3.64. The van der Waals surface area contributed by atoms with Crippen molar-refractivity contribution >= 4 is 5.97 Å². The van der Waals surface area contributed by atoms with Crippen LogP contribution in [0, 0.1) is 13.8 Å². The Hall–Kier alpha value is -3.94. The number of carbonyl (C=O) groups is 1. The molecule has 0 aliphatic heterocycles. The molecule has 0 unspecified atom stereocenters. The molecule has 0 atom stereocenters. The van der Waals surface area contributed by atoms with Gasteiger partial charge in [0.2, 0.25) is 0 Å². The van der Waals surface area contributed by atoms with E-state index in [0.29, 0.717) is 37.6 Å². The molecule has 8 nitrogen and oxygen atoms in total. The maximum atomic E-state index is 12.5. The molecule has 4 aromatic rings. The highest BCUT2D eigenvalue weighted by atomic mass is 16.5. The smallest absolute Gasteiger partial charge is 0.360 e. The highest BCUT2D eigenvalue weighted by Gasteiger charge is 2.20. The van der Waals surface area contributed by atoms with E-state index >= 15 is 0 Å². The summed E-state index contributed by atoms with van der Waals surface area (Å²) in [6, 6.07) is 17.6. The second-order valence-corrected chi connectivity index (χ2v) is 7.89. The highest BCUT2D eigenvalue weighted by molar-refractivity contribution is 5.88. The van der Waals surface area contributed by atoms with Gasteiger partial charge in [0.25, 0.3) is 0 Å². The first kappa shape index (κ1) is 23.2. The summed E-state index contributed by atoms with van der Waals surface area (Å²) in [5.41, 5.74) is 3.79. The summed E-state index contributed by atoms with van der Waals surface area (Å²) >= 11 is 0. The van der Waals surface area contributed by atoms with E-state index < -0.39 is 5.97 Å². The van der Waals surface area contributed by atoms with Gasteiger partial charge in [-0.05, 0) is 37.1 Å². The average Bonchev–Trinajstić information content (AvgIpc) is 3.37. The number of rotatable bonds is 10. The third-order valence-electron chi connectivity index (χ3n) is 5.26. The zero-order valence-corrected chi connectivity index (χ0v) is 19.7. The third kappa shape index (κ3) is 5.89. The van der Waals surface area contributed by atoms with Crippen molar-refractivity contribution in [1.29, 1.82) is 0 Å². The van der Waals surface area contributed by atoms with Gasteiger partial charge in [-0.25, -0.2) is 9.78 Å². The van der Waals surface area contributed by atoms with Crippen molar-refractivity contribution in [2.75, 3.05) is 13.2 Å². The highest BCUT2D eigenvalue weighted by Crippen LogP contribution is 2.18. The van der Waals surface area contributed by atoms with E-state index in [1.54, 1.807) is 11.7 Å². The lowest BCUT2D eigenvalue weighted by atomic mass is 10.1. The molecule has 8 heteroatoms. The van der Waals surface area contributed by atoms with Crippen LogP contribution in [0.15, 0.2) is 59.0 Å². The molecule has 0 saturated heterocycles. The van der Waals surface area contributed by atoms with E-state index in [1.165, 1.54) is 0 Å². The Morgan fingerprint density at radius 3 is 2.41 bits per heavy atom. The first-order valence-electron chi connectivity index (χ1n) is 11.3. The Morgan fingerprint density at radius 2 is 1.74 bits per heavy atom. The number of esters is 1. The van der Waals surface area contributed by atoms with Crippen LogP contribution in [0.5, 0.6) is 5.75 Å². The second-order valence-electron chi connectivity index (χ2n) is 7.89. The van der Waals surface area contributed by atoms with Crippen molar-refractivity contribution in [3.05, 3.63) is 94.5 Å². The van der Waals surface area contributed by atoms with Crippen molar-refractivity contribution in [2.24, 2.45) is 0 Å². The SMILES string of the molecule is CCOC(=O)c1nn(Cc2ccccc2)nc1Cc1ccc(OCCc2nc(C)oc2C)cc1. The van der Waals surface area contributed by atoms with Crippen LogP contribution in [0.1, 0.15) is 51.6 Å². The zero-order chi connectivity index (χ0) is 23.9. The maximum Gasteiger partial charge on any atom is 0.360 e. The van der Waals surface area contributed by atoms with E-state index in [-0.39, 0.29) is 12.3 Å². The fourth-order valence-corrected chi connectivity index (χ4v) is 3.64. The van der Waals surface area contributed by atoms with Crippen LogP contribution in [0.3, 0.4) is 0 Å². The summed E-state index contributed by atoms with van der Waals surface area (Å²) in [6.45, 7) is 6.78. The minimum absolute atomic E-state index is 0.247. The Labute approximate surface area is 198 Å². The van der Waals surface area contributed by atoms with Crippen LogP contribution >= 0.6 is 0 Å². The summed E-state index contributed by atoms with van der Waals surface area (Å²) in [5, 5.41) is 8.99. The predicted octanol–water partition coefficient (Wildman–Crippen LogP) is 4.32. The molecule has 176 valence electrons. The quantitative estimate of drug-likeness (QED) is 0.325. The van der Waals surface area contributed by atoms with Crippen LogP contribution in [0.25, 0.3) is 0 Å². The van der Waals surface area contributed by atoms with Gasteiger partial charge in [0.05, 0.1) is 25.5 Å². The number of aromatic nitrogens is 4. The van der Waals surface area contributed by atoms with Gasteiger partial charge < -0.3 is 13.9 Å². The maximum absolute atomic E-state index is 12.5. The van der Waals surface area contributed by atoms with E-state index in [2.05, 4.69) is 15.2 Å². The minimum Gasteiger partial charge on any atom is -0.493 e. The molecule has 2 heterocycles. The molecule has 4 rings (SSSR count). The number of hydrogen-bond acceptors (Lipinski definition) is 7. The molecule has 2 aromatic carbocycles. The molecule has 0 radical (unpaired) electrons. The molecule has 0 N–H and O–H groups in total. The Kier molecular flexibility index (Phi) is 7.37. The molecular formula is C26H28N4O4. The summed E-state index contributed by atoms with van der Waals surface area (Å²) in [7, 11) is 0. The molecule has 2 aromatic heterocycles. The van der Waals surface area contributed by atoms with E-state index in [1.807, 2.05) is 68.4 Å². The molecule has 0 aliphatic rings. The van der Waals surface area contributed by atoms with Crippen molar-refractivity contribution in [3.8, 4) is 5.75 Å². The van der Waals surface area contributed by atoms with Crippen molar-refractivity contribution < 1.29 is 18.7 Å². The largest absolute Gasteiger partial charge is 0.493 e. The number of carbonyl (C=O) groups excluding carboxylic acids is 1. The summed E-state index contributed by atoms with van der Waals surface area (Å²) < 4.78 is 16.5. The number of benzene rings is 2. The number of aryl methyl sites for hydroxylation is 2. The number of nitrogens with zero attached hydrogens (tertiary/aromatic N) is 4. The van der Waals surface area contributed by atoms with Crippen molar-refractivity contribution in [3.63, 3.8) is 0 Å². The third-order valence-corrected chi connectivity index (χ3v) is 5.26.